The number of benzene rings is 1. The van der Waals surface area contributed by atoms with Gasteiger partial charge in [0, 0.05) is 7.26 Å². The fraction of sp³-hybridized carbons (Fsp3) is 0.769. The van der Waals surface area contributed by atoms with Crippen LogP contribution in [0.15, 0.2) is 29.2 Å². The second-order valence-electron chi connectivity index (χ2n) is 8.62. The van der Waals surface area contributed by atoms with E-state index in [0.29, 0.717) is 6.42 Å². The highest BCUT2D eigenvalue weighted by molar-refractivity contribution is 7.85. The Morgan fingerprint density at radius 3 is 1.48 bits per heavy atom. The molecule has 182 valence electrons. The van der Waals surface area contributed by atoms with Gasteiger partial charge in [-0.05, 0) is 52.2 Å². The average molecular weight is 474 g/mol. The molecule has 1 N–H and O–H groups in total. The molecule has 1 aromatic carbocycles. The molecule has 3 nitrogen and oxygen atoms in total. The summed E-state index contributed by atoms with van der Waals surface area (Å²) in [5.74, 6) is 0. The van der Waals surface area contributed by atoms with E-state index >= 15 is 0 Å². The van der Waals surface area contributed by atoms with Gasteiger partial charge >= 0.3 is 0 Å². The van der Waals surface area contributed by atoms with Gasteiger partial charge in [-0.25, -0.2) is 0 Å². The molecule has 0 atom stereocenters. The van der Waals surface area contributed by atoms with E-state index in [0.717, 1.165) is 18.4 Å². The molecule has 31 heavy (non-hydrogen) atoms. The smallest absolute Gasteiger partial charge is 0.282 e. The van der Waals surface area contributed by atoms with Crippen LogP contribution in [0.25, 0.3) is 0 Å². The van der Waals surface area contributed by atoms with Crippen LogP contribution in [0.4, 0.5) is 0 Å². The molecule has 5 heteroatoms. The molecule has 1 aromatic rings. The van der Waals surface area contributed by atoms with Gasteiger partial charge in [0.15, 0.2) is 0 Å². The van der Waals surface area contributed by atoms with Gasteiger partial charge in [0.1, 0.15) is 0 Å². The zero-order valence-corrected chi connectivity index (χ0v) is 22.7. The second kappa shape index (κ2) is 18.0. The highest BCUT2D eigenvalue weighted by Crippen LogP contribution is 2.57. The Bertz CT molecular complexity index is 637. The Morgan fingerprint density at radius 2 is 1.10 bits per heavy atom. The summed E-state index contributed by atoms with van der Waals surface area (Å²) in [6, 6.07) is 6.73. The summed E-state index contributed by atoms with van der Waals surface area (Å²) >= 11 is 0. The standard InChI is InChI=1S/C18H30O3S.C8H20P/c1-2-3-4-5-6-7-8-9-10-11-14-17-15-12-13-16-18(17)22(19,20)21;1-5-9(6-2,7-3)8-4/h12-13,15-16H,2-11,14H2,1H3,(H,19,20,21);5-8H2,1-4H3/q;+1. The van der Waals surface area contributed by atoms with Gasteiger partial charge in [0.2, 0.25) is 0 Å². The van der Waals surface area contributed by atoms with E-state index in [4.69, 9.17) is 0 Å². The van der Waals surface area contributed by atoms with Gasteiger partial charge in [0.25, 0.3) is 10.1 Å². The highest BCUT2D eigenvalue weighted by atomic mass is 32.2. The van der Waals surface area contributed by atoms with E-state index in [1.54, 1.807) is 12.1 Å². The minimum atomic E-state index is -4.10. The molecule has 0 aromatic heterocycles. The van der Waals surface area contributed by atoms with Crippen molar-refractivity contribution in [2.24, 2.45) is 0 Å². The molecular formula is C26H50O3PS+. The molecule has 0 amide bonds. The molecule has 0 saturated heterocycles. The average Bonchev–Trinajstić information content (AvgIpc) is 2.77. The molecule has 0 aliphatic carbocycles. The fourth-order valence-electron chi connectivity index (χ4n) is 4.11. The first kappa shape index (κ1) is 30.6. The summed E-state index contributed by atoms with van der Waals surface area (Å²) in [7, 11) is -4.52. The van der Waals surface area contributed by atoms with Crippen LogP contribution in [-0.4, -0.2) is 37.6 Å². The first-order valence-electron chi connectivity index (χ1n) is 12.7. The summed E-state index contributed by atoms with van der Waals surface area (Å²) in [6.07, 6.45) is 19.1. The van der Waals surface area contributed by atoms with Crippen molar-refractivity contribution in [3.05, 3.63) is 29.8 Å². The maximum absolute atomic E-state index is 11.3. The monoisotopic (exact) mass is 473 g/mol. The minimum Gasteiger partial charge on any atom is -0.282 e. The largest absolute Gasteiger partial charge is 0.294 e. The third-order valence-electron chi connectivity index (χ3n) is 6.73. The molecule has 0 heterocycles. The molecule has 0 unspecified atom stereocenters. The lowest BCUT2D eigenvalue weighted by Gasteiger charge is -2.20. The Kier molecular flexibility index (Phi) is 17.8. The predicted molar refractivity (Wildman–Crippen MR) is 141 cm³/mol. The van der Waals surface area contributed by atoms with E-state index in [1.165, 1.54) is 82.1 Å². The van der Waals surface area contributed by atoms with Gasteiger partial charge in [-0.1, -0.05) is 82.9 Å². The summed E-state index contributed by atoms with van der Waals surface area (Å²) in [5.41, 5.74) is 0.726. The molecule has 0 aliphatic heterocycles. The zero-order valence-electron chi connectivity index (χ0n) is 21.0. The third kappa shape index (κ3) is 13.6. The number of hydrogen-bond acceptors (Lipinski definition) is 2. The van der Waals surface area contributed by atoms with Crippen LogP contribution in [0.3, 0.4) is 0 Å². The van der Waals surface area contributed by atoms with Gasteiger partial charge in [-0.15, -0.1) is 0 Å². The number of aryl methyl sites for hydroxylation is 1. The lowest BCUT2D eigenvalue weighted by Crippen LogP contribution is -2.04. The molecule has 0 spiro atoms. The van der Waals surface area contributed by atoms with Crippen molar-refractivity contribution in [1.82, 2.24) is 0 Å². The maximum atomic E-state index is 11.3. The van der Waals surface area contributed by atoms with Gasteiger partial charge in [-0.2, -0.15) is 8.42 Å². The van der Waals surface area contributed by atoms with E-state index in [1.807, 2.05) is 6.07 Å². The van der Waals surface area contributed by atoms with Crippen LogP contribution in [-0.2, 0) is 16.5 Å². The normalized spacial score (nSPS) is 11.8. The van der Waals surface area contributed by atoms with Crippen molar-refractivity contribution in [2.75, 3.05) is 24.6 Å². The quantitative estimate of drug-likeness (QED) is 0.149. The minimum absolute atomic E-state index is 0.0610. The van der Waals surface area contributed by atoms with Crippen molar-refractivity contribution in [1.29, 1.82) is 0 Å². The molecule has 0 bridgehead atoms. The molecule has 0 saturated carbocycles. The lowest BCUT2D eigenvalue weighted by molar-refractivity contribution is 0.481. The first-order chi connectivity index (χ1) is 14.8. The molecular weight excluding hydrogens is 423 g/mol. The molecule has 0 aliphatic rings. The summed E-state index contributed by atoms with van der Waals surface area (Å²) in [4.78, 5) is 0.0610. The van der Waals surface area contributed by atoms with Crippen molar-refractivity contribution in [3.8, 4) is 0 Å². The Hall–Kier alpha value is -0.440. The van der Waals surface area contributed by atoms with Crippen molar-refractivity contribution in [2.45, 2.75) is 110 Å². The Labute approximate surface area is 194 Å². The highest BCUT2D eigenvalue weighted by Gasteiger charge is 2.27. The third-order valence-corrected chi connectivity index (χ3v) is 13.1. The van der Waals surface area contributed by atoms with E-state index in [-0.39, 0.29) is 4.90 Å². The lowest BCUT2D eigenvalue weighted by atomic mass is 10.0. The number of unbranched alkanes of at least 4 members (excludes halogenated alkanes) is 9. The summed E-state index contributed by atoms with van der Waals surface area (Å²) < 4.78 is 31.8. The number of hydrogen-bond donors (Lipinski definition) is 1. The van der Waals surface area contributed by atoms with Crippen LogP contribution in [0.2, 0.25) is 0 Å². The van der Waals surface area contributed by atoms with E-state index < -0.39 is 17.4 Å². The second-order valence-corrected chi connectivity index (χ2v) is 15.2. The molecule has 0 radical (unpaired) electrons. The first-order valence-corrected chi connectivity index (χ1v) is 16.7. The van der Waals surface area contributed by atoms with Crippen molar-refractivity contribution in [3.63, 3.8) is 0 Å². The zero-order chi connectivity index (χ0) is 23.6. The van der Waals surface area contributed by atoms with Crippen LogP contribution in [0, 0.1) is 0 Å². The molecule has 0 fully saturated rings. The van der Waals surface area contributed by atoms with E-state index in [2.05, 4.69) is 34.6 Å². The topological polar surface area (TPSA) is 54.4 Å². The fourth-order valence-corrected chi connectivity index (χ4v) is 7.54. The van der Waals surface area contributed by atoms with Crippen molar-refractivity contribution >= 4 is 17.4 Å². The van der Waals surface area contributed by atoms with Crippen LogP contribution in [0.1, 0.15) is 104 Å². The maximum Gasteiger partial charge on any atom is 0.294 e. The van der Waals surface area contributed by atoms with Crippen molar-refractivity contribution < 1.29 is 13.0 Å². The van der Waals surface area contributed by atoms with Crippen LogP contribution < -0.4 is 0 Å². The van der Waals surface area contributed by atoms with Gasteiger partial charge in [-0.3, -0.25) is 4.55 Å². The summed E-state index contributed by atoms with van der Waals surface area (Å²) in [5, 5.41) is 0. The Morgan fingerprint density at radius 1 is 0.677 bits per heavy atom. The predicted octanol–water partition coefficient (Wildman–Crippen LogP) is 8.48. The Balaban J connectivity index is 0.000000842. The van der Waals surface area contributed by atoms with E-state index in [9.17, 15) is 13.0 Å². The molecule has 1 rings (SSSR count). The van der Waals surface area contributed by atoms with Crippen LogP contribution >= 0.6 is 7.26 Å². The number of rotatable bonds is 16. The van der Waals surface area contributed by atoms with Gasteiger partial charge in [0.05, 0.1) is 29.5 Å². The van der Waals surface area contributed by atoms with Crippen LogP contribution in [0.5, 0.6) is 0 Å². The SMILES string of the molecule is CCCCCCCCCCCCc1ccccc1S(=O)(=O)O.CC[P+](CC)(CC)CC. The summed E-state index contributed by atoms with van der Waals surface area (Å²) in [6.45, 7) is 11.6. The van der Waals surface area contributed by atoms with Gasteiger partial charge < -0.3 is 0 Å².